The van der Waals surface area contributed by atoms with E-state index in [1.165, 1.54) is 0 Å². The van der Waals surface area contributed by atoms with Crippen LogP contribution in [0, 0.1) is 0 Å². The van der Waals surface area contributed by atoms with Crippen molar-refractivity contribution in [2.45, 2.75) is 52.2 Å². The summed E-state index contributed by atoms with van der Waals surface area (Å²) in [6, 6.07) is 2.23. The van der Waals surface area contributed by atoms with Crippen LogP contribution < -0.4 is 10.9 Å². The van der Waals surface area contributed by atoms with Crippen molar-refractivity contribution in [3.8, 4) is 0 Å². The highest BCUT2D eigenvalue weighted by Gasteiger charge is 2.28. The summed E-state index contributed by atoms with van der Waals surface area (Å²) < 4.78 is 1.79. The van der Waals surface area contributed by atoms with E-state index in [0.29, 0.717) is 28.6 Å². The molecule has 1 aliphatic heterocycles. The van der Waals surface area contributed by atoms with Gasteiger partial charge in [0, 0.05) is 38.4 Å². The third-order valence-corrected chi connectivity index (χ3v) is 5.03. The molecule has 1 N–H and O–H groups in total. The molecule has 2 aromatic rings. The van der Waals surface area contributed by atoms with E-state index in [1.54, 1.807) is 16.8 Å². The molecule has 0 saturated carbocycles. The molecule has 7 heteroatoms. The first-order valence-electron chi connectivity index (χ1n) is 9.08. The fourth-order valence-corrected chi connectivity index (χ4v) is 3.81. The first kappa shape index (κ1) is 18.3. The highest BCUT2D eigenvalue weighted by Crippen LogP contribution is 2.26. The Morgan fingerprint density at radius 1 is 1.44 bits per heavy atom. The minimum Gasteiger partial charge on any atom is -0.312 e. The Kier molecular flexibility index (Phi) is 5.71. The molecule has 0 radical (unpaired) electrons. The van der Waals surface area contributed by atoms with E-state index in [1.807, 2.05) is 6.92 Å². The largest absolute Gasteiger partial charge is 0.312 e. The van der Waals surface area contributed by atoms with Crippen LogP contribution in [0.1, 0.15) is 45.5 Å². The Labute approximate surface area is 153 Å². The van der Waals surface area contributed by atoms with Gasteiger partial charge >= 0.3 is 0 Å². The summed E-state index contributed by atoms with van der Waals surface area (Å²) in [5.41, 5.74) is 0.431. The zero-order valence-corrected chi connectivity index (χ0v) is 15.9. The number of nitrogens with zero attached hydrogens (tertiary/aromatic N) is 4. The number of piperazine rings is 1. The van der Waals surface area contributed by atoms with Gasteiger partial charge in [-0.3, -0.25) is 14.3 Å². The van der Waals surface area contributed by atoms with Crippen molar-refractivity contribution in [1.82, 2.24) is 24.8 Å². The van der Waals surface area contributed by atoms with Crippen LogP contribution in [0.25, 0.3) is 11.0 Å². The molecule has 0 aromatic carbocycles. The van der Waals surface area contributed by atoms with E-state index >= 15 is 0 Å². The number of rotatable bonds is 5. The summed E-state index contributed by atoms with van der Waals surface area (Å²) >= 11 is 6.02. The van der Waals surface area contributed by atoms with Crippen LogP contribution in [0.15, 0.2) is 17.1 Å². The maximum Gasteiger partial charge on any atom is 0.263 e. The standard InChI is InChI=1S/C18H26ClN5O/c1-4-6-15(23-8-7-20-12(3)11-23)17-22-16-14(9-13(19)10-21-16)18(25)24(17)5-2/h9-10,12,15,20H,4-8,11H2,1-3H3/t12-,15+/m0/s1. The Morgan fingerprint density at radius 3 is 2.92 bits per heavy atom. The second-order valence-corrected chi connectivity index (χ2v) is 7.14. The topological polar surface area (TPSA) is 63.1 Å². The normalized spacial score (nSPS) is 20.1. The number of fused-ring (bicyclic) bond motifs is 1. The summed E-state index contributed by atoms with van der Waals surface area (Å²) in [7, 11) is 0. The summed E-state index contributed by atoms with van der Waals surface area (Å²) in [4.78, 5) is 24.5. The predicted molar refractivity (Wildman–Crippen MR) is 101 cm³/mol. The van der Waals surface area contributed by atoms with Gasteiger partial charge in [0.1, 0.15) is 5.82 Å². The van der Waals surface area contributed by atoms with Gasteiger partial charge in [-0.25, -0.2) is 9.97 Å². The number of aromatic nitrogens is 3. The average molecular weight is 364 g/mol. The second-order valence-electron chi connectivity index (χ2n) is 6.70. The third kappa shape index (κ3) is 3.71. The molecular weight excluding hydrogens is 338 g/mol. The minimum atomic E-state index is -0.0539. The van der Waals surface area contributed by atoms with Crippen LogP contribution in [0.2, 0.25) is 5.02 Å². The number of nitrogens with one attached hydrogen (secondary N) is 1. The van der Waals surface area contributed by atoms with Gasteiger partial charge in [-0.1, -0.05) is 24.9 Å². The smallest absolute Gasteiger partial charge is 0.263 e. The molecule has 3 heterocycles. The lowest BCUT2D eigenvalue weighted by molar-refractivity contribution is 0.132. The molecule has 1 aliphatic rings. The quantitative estimate of drug-likeness (QED) is 0.884. The first-order chi connectivity index (χ1) is 12.0. The van der Waals surface area contributed by atoms with Gasteiger partial charge in [-0.2, -0.15) is 0 Å². The zero-order chi connectivity index (χ0) is 18.0. The number of halogens is 1. The van der Waals surface area contributed by atoms with Crippen LogP contribution in [0.3, 0.4) is 0 Å². The summed E-state index contributed by atoms with van der Waals surface area (Å²) in [6.45, 7) is 9.81. The van der Waals surface area contributed by atoms with Gasteiger partial charge in [0.2, 0.25) is 0 Å². The molecular formula is C18H26ClN5O. The van der Waals surface area contributed by atoms with E-state index in [4.69, 9.17) is 16.6 Å². The Bertz CT molecular complexity index is 806. The van der Waals surface area contributed by atoms with Crippen molar-refractivity contribution < 1.29 is 0 Å². The van der Waals surface area contributed by atoms with Crippen molar-refractivity contribution in [1.29, 1.82) is 0 Å². The molecule has 0 aliphatic carbocycles. The van der Waals surface area contributed by atoms with E-state index in [-0.39, 0.29) is 11.6 Å². The molecule has 0 amide bonds. The Hall–Kier alpha value is -1.50. The zero-order valence-electron chi connectivity index (χ0n) is 15.1. The Balaban J connectivity index is 2.13. The van der Waals surface area contributed by atoms with Crippen molar-refractivity contribution >= 4 is 22.6 Å². The van der Waals surface area contributed by atoms with Gasteiger partial charge in [-0.15, -0.1) is 0 Å². The van der Waals surface area contributed by atoms with Crippen LogP contribution in [-0.4, -0.2) is 45.1 Å². The molecule has 2 aromatic heterocycles. The second kappa shape index (κ2) is 7.81. The fraction of sp³-hybridized carbons (Fsp3) is 0.611. The van der Waals surface area contributed by atoms with E-state index in [2.05, 4.69) is 29.0 Å². The predicted octanol–water partition coefficient (Wildman–Crippen LogP) is 2.60. The average Bonchev–Trinajstić information content (AvgIpc) is 2.60. The maximum absolute atomic E-state index is 13.0. The number of pyridine rings is 1. The highest BCUT2D eigenvalue weighted by molar-refractivity contribution is 6.31. The van der Waals surface area contributed by atoms with Crippen molar-refractivity contribution in [2.75, 3.05) is 19.6 Å². The van der Waals surface area contributed by atoms with Gasteiger partial charge in [0.15, 0.2) is 5.65 Å². The maximum atomic E-state index is 13.0. The van der Waals surface area contributed by atoms with E-state index < -0.39 is 0 Å². The fourth-order valence-electron chi connectivity index (χ4n) is 3.65. The van der Waals surface area contributed by atoms with Gasteiger partial charge < -0.3 is 5.32 Å². The molecule has 25 heavy (non-hydrogen) atoms. The molecule has 136 valence electrons. The summed E-state index contributed by atoms with van der Waals surface area (Å²) in [5.74, 6) is 0.825. The minimum absolute atomic E-state index is 0.0539. The molecule has 3 rings (SSSR count). The van der Waals surface area contributed by atoms with Crippen LogP contribution >= 0.6 is 11.6 Å². The lowest BCUT2D eigenvalue weighted by Crippen LogP contribution is -2.51. The number of hydrogen-bond donors (Lipinski definition) is 1. The van der Waals surface area contributed by atoms with Crippen LogP contribution in [-0.2, 0) is 6.54 Å². The first-order valence-corrected chi connectivity index (χ1v) is 9.46. The Morgan fingerprint density at radius 2 is 2.24 bits per heavy atom. The molecule has 0 bridgehead atoms. The molecule has 0 unspecified atom stereocenters. The van der Waals surface area contributed by atoms with E-state index in [9.17, 15) is 4.79 Å². The molecule has 0 spiro atoms. The van der Waals surface area contributed by atoms with Crippen molar-refractivity contribution in [3.63, 3.8) is 0 Å². The summed E-state index contributed by atoms with van der Waals surface area (Å²) in [5, 5.41) is 4.43. The van der Waals surface area contributed by atoms with Gasteiger partial charge in [-0.05, 0) is 26.3 Å². The third-order valence-electron chi connectivity index (χ3n) is 4.82. The summed E-state index contributed by atoms with van der Waals surface area (Å²) in [6.07, 6.45) is 3.56. The van der Waals surface area contributed by atoms with Crippen molar-refractivity contribution in [3.05, 3.63) is 33.5 Å². The van der Waals surface area contributed by atoms with Crippen LogP contribution in [0.5, 0.6) is 0 Å². The highest BCUT2D eigenvalue weighted by atomic mass is 35.5. The molecule has 2 atom stereocenters. The van der Waals surface area contributed by atoms with Crippen LogP contribution in [0.4, 0.5) is 0 Å². The lowest BCUT2D eigenvalue weighted by atomic mass is 10.1. The van der Waals surface area contributed by atoms with Gasteiger partial charge in [0.05, 0.1) is 16.5 Å². The molecule has 1 saturated heterocycles. The van der Waals surface area contributed by atoms with Gasteiger partial charge in [0.25, 0.3) is 5.56 Å². The molecule has 6 nitrogen and oxygen atoms in total. The lowest BCUT2D eigenvalue weighted by Gasteiger charge is -2.38. The van der Waals surface area contributed by atoms with Crippen molar-refractivity contribution in [2.24, 2.45) is 0 Å². The monoisotopic (exact) mass is 363 g/mol. The number of hydrogen-bond acceptors (Lipinski definition) is 5. The molecule has 1 fully saturated rings. The SMILES string of the molecule is CCC[C@H](c1nc2ncc(Cl)cc2c(=O)n1CC)N1CCN[C@@H](C)C1. The van der Waals surface area contributed by atoms with E-state index in [0.717, 1.165) is 38.3 Å².